The average Bonchev–Trinajstić information content (AvgIpc) is 1.95. The molecule has 1 aliphatic carbocycles. The molecule has 1 aliphatic rings. The first-order valence-electron chi connectivity index (χ1n) is 6.55. The zero-order chi connectivity index (χ0) is 12.4. The Morgan fingerprint density at radius 1 is 1.00 bits per heavy atom. The van der Waals surface area contributed by atoms with Crippen molar-refractivity contribution in [2.45, 2.75) is 65.5 Å². The van der Waals surface area contributed by atoms with Crippen LogP contribution in [0.4, 0.5) is 0 Å². The fraction of sp³-hybridized carbons (Fsp3) is 1.00. The van der Waals surface area contributed by atoms with E-state index in [9.17, 15) is 0 Å². The molecular weight excluding hydrogens is 198 g/mol. The third-order valence-corrected chi connectivity index (χ3v) is 3.01. The maximum absolute atomic E-state index is 5.81. The van der Waals surface area contributed by atoms with E-state index in [-0.39, 0.29) is 11.1 Å². The third-order valence-electron chi connectivity index (χ3n) is 3.01. The van der Waals surface area contributed by atoms with E-state index in [2.05, 4.69) is 46.9 Å². The van der Waals surface area contributed by atoms with Gasteiger partial charge in [-0.15, -0.1) is 0 Å². The van der Waals surface area contributed by atoms with Gasteiger partial charge in [-0.1, -0.05) is 0 Å². The minimum atomic E-state index is 0.0226. The van der Waals surface area contributed by atoms with Gasteiger partial charge < -0.3 is 10.1 Å². The topological polar surface area (TPSA) is 21.3 Å². The van der Waals surface area contributed by atoms with Crippen molar-refractivity contribution in [3.8, 4) is 0 Å². The summed E-state index contributed by atoms with van der Waals surface area (Å²) in [7, 11) is 0. The summed E-state index contributed by atoms with van der Waals surface area (Å²) in [6.45, 7) is 15.2. The van der Waals surface area contributed by atoms with Crippen LogP contribution in [-0.2, 0) is 4.74 Å². The van der Waals surface area contributed by atoms with E-state index in [1.165, 1.54) is 12.8 Å². The molecule has 1 N–H and O–H groups in total. The maximum atomic E-state index is 5.81. The highest BCUT2D eigenvalue weighted by molar-refractivity contribution is 4.83. The Kier molecular flexibility index (Phi) is 4.42. The Bertz CT molecular complexity index is 184. The first kappa shape index (κ1) is 14.0. The van der Waals surface area contributed by atoms with Crippen LogP contribution in [0.3, 0.4) is 0 Å². The van der Waals surface area contributed by atoms with Gasteiger partial charge in [0, 0.05) is 5.54 Å². The molecule has 0 saturated heterocycles. The molecule has 16 heavy (non-hydrogen) atoms. The van der Waals surface area contributed by atoms with E-state index >= 15 is 0 Å². The lowest BCUT2D eigenvalue weighted by molar-refractivity contribution is -0.0464. The minimum Gasteiger partial charge on any atom is -0.376 e. The van der Waals surface area contributed by atoms with Crippen LogP contribution in [0.2, 0.25) is 0 Å². The highest BCUT2D eigenvalue weighted by atomic mass is 16.5. The Balaban J connectivity index is 2.05. The van der Waals surface area contributed by atoms with Gasteiger partial charge in [0.25, 0.3) is 0 Å². The largest absolute Gasteiger partial charge is 0.376 e. The number of hydrogen-bond donors (Lipinski definition) is 1. The first-order chi connectivity index (χ1) is 7.16. The van der Waals surface area contributed by atoms with Crippen molar-refractivity contribution >= 4 is 0 Å². The molecule has 0 atom stereocenters. The van der Waals surface area contributed by atoms with Gasteiger partial charge in [0.2, 0.25) is 0 Å². The van der Waals surface area contributed by atoms with Gasteiger partial charge in [-0.3, -0.25) is 0 Å². The van der Waals surface area contributed by atoms with Crippen molar-refractivity contribution < 1.29 is 4.74 Å². The van der Waals surface area contributed by atoms with Crippen molar-refractivity contribution in [2.24, 2.45) is 11.8 Å². The molecule has 0 spiro atoms. The van der Waals surface area contributed by atoms with E-state index in [1.54, 1.807) is 0 Å². The molecule has 0 aromatic carbocycles. The summed E-state index contributed by atoms with van der Waals surface area (Å²) in [6.07, 6.45) is 2.66. The van der Waals surface area contributed by atoms with Crippen molar-refractivity contribution in [2.75, 3.05) is 13.2 Å². The molecule has 0 radical (unpaired) electrons. The van der Waals surface area contributed by atoms with Crippen LogP contribution in [0.5, 0.6) is 0 Å². The lowest BCUT2D eigenvalue weighted by Gasteiger charge is -2.38. The third kappa shape index (κ3) is 5.86. The van der Waals surface area contributed by atoms with E-state index in [0.29, 0.717) is 0 Å². The monoisotopic (exact) mass is 227 g/mol. The molecule has 1 fully saturated rings. The number of nitrogens with one attached hydrogen (secondary N) is 1. The molecule has 0 unspecified atom stereocenters. The summed E-state index contributed by atoms with van der Waals surface area (Å²) in [6, 6.07) is 0. The maximum Gasteiger partial charge on any atom is 0.0598 e. The van der Waals surface area contributed by atoms with Gasteiger partial charge in [-0.25, -0.2) is 0 Å². The van der Waals surface area contributed by atoms with E-state index in [1.807, 2.05) is 0 Å². The van der Waals surface area contributed by atoms with Crippen LogP contribution in [0.15, 0.2) is 0 Å². The molecule has 96 valence electrons. The molecule has 0 aromatic heterocycles. The highest BCUT2D eigenvalue weighted by Crippen LogP contribution is 2.34. The van der Waals surface area contributed by atoms with Crippen molar-refractivity contribution in [1.29, 1.82) is 0 Å². The summed E-state index contributed by atoms with van der Waals surface area (Å²) in [5.41, 5.74) is 0.280. The van der Waals surface area contributed by atoms with Gasteiger partial charge in [0.15, 0.2) is 0 Å². The Labute approximate surface area is 101 Å². The summed E-state index contributed by atoms with van der Waals surface area (Å²) < 4.78 is 5.81. The molecule has 0 aliphatic heterocycles. The number of hydrogen-bond acceptors (Lipinski definition) is 2. The lowest BCUT2D eigenvalue weighted by atomic mass is 9.75. The summed E-state index contributed by atoms with van der Waals surface area (Å²) in [5, 5.41) is 3.58. The molecule has 1 saturated carbocycles. The molecule has 0 bridgehead atoms. The van der Waals surface area contributed by atoms with Crippen LogP contribution >= 0.6 is 0 Å². The average molecular weight is 227 g/mol. The highest BCUT2D eigenvalue weighted by Gasteiger charge is 2.30. The van der Waals surface area contributed by atoms with Crippen LogP contribution in [0.1, 0.15) is 54.4 Å². The Hall–Kier alpha value is -0.0800. The second-order valence-corrected chi connectivity index (χ2v) is 7.26. The molecule has 2 nitrogen and oxygen atoms in total. The van der Waals surface area contributed by atoms with Crippen molar-refractivity contribution in [3.05, 3.63) is 0 Å². The molecule has 0 heterocycles. The minimum absolute atomic E-state index is 0.0226. The van der Waals surface area contributed by atoms with Crippen LogP contribution in [-0.4, -0.2) is 24.3 Å². The molecule has 0 amide bonds. The van der Waals surface area contributed by atoms with Crippen molar-refractivity contribution in [1.82, 2.24) is 5.32 Å². The van der Waals surface area contributed by atoms with Gasteiger partial charge in [0.1, 0.15) is 0 Å². The van der Waals surface area contributed by atoms with Gasteiger partial charge >= 0.3 is 0 Å². The Morgan fingerprint density at radius 2 is 1.56 bits per heavy atom. The second-order valence-electron chi connectivity index (χ2n) is 7.26. The van der Waals surface area contributed by atoms with Crippen molar-refractivity contribution in [3.63, 3.8) is 0 Å². The van der Waals surface area contributed by atoms with Crippen LogP contribution in [0.25, 0.3) is 0 Å². The number of ether oxygens (including phenoxy) is 1. The second kappa shape index (κ2) is 5.05. The fourth-order valence-electron chi connectivity index (χ4n) is 1.99. The first-order valence-corrected chi connectivity index (χ1v) is 6.55. The molecule has 2 heteroatoms. The van der Waals surface area contributed by atoms with E-state index < -0.39 is 0 Å². The normalized spacial score (nSPS) is 26.6. The quantitative estimate of drug-likeness (QED) is 0.796. The fourth-order valence-corrected chi connectivity index (χ4v) is 1.99. The van der Waals surface area contributed by atoms with Crippen LogP contribution in [0, 0.1) is 11.8 Å². The van der Waals surface area contributed by atoms with Gasteiger partial charge in [-0.05, 0) is 72.8 Å². The number of rotatable bonds is 4. The van der Waals surface area contributed by atoms with E-state index in [0.717, 1.165) is 25.0 Å². The standard InChI is InChI=1S/C14H29NO/c1-13(2,3)15-9-11-7-12(8-11)10-16-14(4,5)6/h11-12,15H,7-10H2,1-6H3. The summed E-state index contributed by atoms with van der Waals surface area (Å²) in [5.74, 6) is 1.67. The lowest BCUT2D eigenvalue weighted by Crippen LogP contribution is -2.43. The smallest absolute Gasteiger partial charge is 0.0598 e. The molecule has 0 aromatic rings. The molecule has 1 rings (SSSR count). The SMILES string of the molecule is CC(C)(C)NCC1CC(COC(C)(C)C)C1. The zero-order valence-electron chi connectivity index (χ0n) is 11.9. The Morgan fingerprint density at radius 3 is 2.00 bits per heavy atom. The predicted molar refractivity (Wildman–Crippen MR) is 69.7 cm³/mol. The summed E-state index contributed by atoms with van der Waals surface area (Å²) >= 11 is 0. The van der Waals surface area contributed by atoms with Gasteiger partial charge in [0.05, 0.1) is 12.2 Å². The van der Waals surface area contributed by atoms with E-state index in [4.69, 9.17) is 4.74 Å². The zero-order valence-corrected chi connectivity index (χ0v) is 11.9. The summed E-state index contributed by atoms with van der Waals surface area (Å²) in [4.78, 5) is 0. The predicted octanol–water partition coefficient (Wildman–Crippen LogP) is 3.22. The van der Waals surface area contributed by atoms with Crippen LogP contribution < -0.4 is 5.32 Å². The van der Waals surface area contributed by atoms with Gasteiger partial charge in [-0.2, -0.15) is 0 Å². The molecular formula is C14H29NO.